The van der Waals surface area contributed by atoms with Crippen LogP contribution in [-0.4, -0.2) is 165 Å². The van der Waals surface area contributed by atoms with Gasteiger partial charge < -0.3 is 0 Å². The van der Waals surface area contributed by atoms with Gasteiger partial charge in [-0.2, -0.15) is 0 Å². The Kier molecular flexibility index (Phi) is 28.3. The van der Waals surface area contributed by atoms with Gasteiger partial charge in [0.25, 0.3) is 0 Å². The van der Waals surface area contributed by atoms with E-state index in [0.29, 0.717) is 0 Å². The zero-order valence-corrected chi connectivity index (χ0v) is 20.2. The summed E-state index contributed by atoms with van der Waals surface area (Å²) < 4.78 is 45.7. The van der Waals surface area contributed by atoms with E-state index in [1.54, 1.807) is 0 Å². The normalized spacial score (nSPS) is 13.5. The molecule has 0 saturated carbocycles. The van der Waals surface area contributed by atoms with Gasteiger partial charge in [0.1, 0.15) is 0 Å². The molecule has 0 aromatic heterocycles. The summed E-state index contributed by atoms with van der Waals surface area (Å²) in [6.45, 7) is 0. The third-order valence-electron chi connectivity index (χ3n) is 0. The Balaban J connectivity index is -0.0000000180. The zero-order valence-electron chi connectivity index (χ0n) is 8.02. The molecule has 0 fully saturated rings. The van der Waals surface area contributed by atoms with E-state index in [1.165, 1.54) is 0 Å². The summed E-state index contributed by atoms with van der Waals surface area (Å²) in [4.78, 5) is 0. The van der Waals surface area contributed by atoms with Gasteiger partial charge in [-0.05, 0) is 0 Å². The van der Waals surface area contributed by atoms with Gasteiger partial charge in [-0.3, -0.25) is 0 Å². The molecule has 0 heterocycles. The fraction of sp³-hybridized carbons (Fsp3) is 0. The average Bonchev–Trinajstić information content (AvgIpc) is 0.592. The Morgan fingerprint density at radius 3 is 0.583 bits per heavy atom. The molecule has 53 valence electrons. The second-order valence-corrected chi connectivity index (χ2v) is 7.39. The second kappa shape index (κ2) is 9.42. The second-order valence-electron chi connectivity index (χ2n) is 1.10. The van der Waals surface area contributed by atoms with Crippen molar-refractivity contribution < 1.29 is 38.8 Å². The molecule has 12 heteroatoms. The van der Waals surface area contributed by atoms with Crippen LogP contribution in [0.1, 0.15) is 0 Å². The Morgan fingerprint density at radius 2 is 0.583 bits per heavy atom. The van der Waals surface area contributed by atoms with Gasteiger partial charge in [0.05, 0.1) is 0 Å². The maximum atomic E-state index is 9.22. The van der Waals surface area contributed by atoms with Crippen LogP contribution in [0.4, 0.5) is 0 Å². The van der Waals surface area contributed by atoms with Gasteiger partial charge in [-0.25, -0.2) is 0 Å². The summed E-state index contributed by atoms with van der Waals surface area (Å²) in [5.41, 5.74) is 0. The molecule has 0 aliphatic rings. The topological polar surface area (TPSA) is 124 Å². The molecule has 12 heavy (non-hydrogen) atoms. The Morgan fingerprint density at radius 1 is 0.583 bits per heavy atom. The van der Waals surface area contributed by atoms with Gasteiger partial charge in [0, 0.05) is 148 Å². The third kappa shape index (κ3) is 108. The molecule has 0 aliphatic heterocycles. The summed E-state index contributed by atoms with van der Waals surface area (Å²) in [6.07, 6.45) is 0. The average molecular weight is 343 g/mol. The van der Waals surface area contributed by atoms with Gasteiger partial charge >= 0.3 is 38.8 Å². The maximum absolute atomic E-state index is 9.22. The molecular weight excluding hydrogens is 338 g/mol. The number of hydrogen-bond donors (Lipinski definition) is 5. The van der Waals surface area contributed by atoms with Crippen LogP contribution in [0.5, 0.6) is 0 Å². The molecule has 0 atom stereocenters. The first-order valence-electron chi connectivity index (χ1n) is 0.999. The quantitative estimate of drug-likeness (QED) is 0.220. The van der Waals surface area contributed by atoms with E-state index in [0.717, 1.165) is 0 Å². The Hall–Kier alpha value is 5.49. The molecule has 5 radical (unpaired) electrons. The summed E-state index contributed by atoms with van der Waals surface area (Å²) >= 11 is -8.37. The van der Waals surface area contributed by atoms with Crippen LogP contribution in [-0.2, 0) is 0 Å². The van der Waals surface area contributed by atoms with Crippen LogP contribution >= 0.6 is 0 Å². The van der Waals surface area contributed by atoms with Crippen LogP contribution < -0.4 is 21.6 Å². The Labute approximate surface area is 181 Å². The van der Waals surface area contributed by atoms with Crippen molar-refractivity contribution >= 4 is 148 Å². The summed E-state index contributed by atoms with van der Waals surface area (Å²) in [5, 5.41) is 0. The third-order valence-corrected chi connectivity index (χ3v) is 0. The van der Waals surface area contributed by atoms with E-state index in [2.05, 4.69) is 0 Å². The number of rotatable bonds is 0. The minimum absolute atomic E-state index is 0. The monoisotopic (exact) mass is 343 g/mol. The SMILES string of the molecule is [Na].[Na].[Na].[Na].[Na].[O-][I+](O)(O)(O)(O)O. The summed E-state index contributed by atoms with van der Waals surface area (Å²) in [7, 11) is 0. The molecular formula is H5INa5O6. The molecule has 0 aromatic rings. The fourth-order valence-electron chi connectivity index (χ4n) is 0. The van der Waals surface area contributed by atoms with Gasteiger partial charge in [0.2, 0.25) is 0 Å². The van der Waals surface area contributed by atoms with E-state index in [9.17, 15) is 3.44 Å². The molecule has 0 saturated heterocycles. The van der Waals surface area contributed by atoms with Crippen molar-refractivity contribution in [3.8, 4) is 0 Å². The molecule has 0 spiro atoms. The molecule has 0 aromatic carbocycles. The van der Waals surface area contributed by atoms with Crippen molar-refractivity contribution in [1.29, 1.82) is 0 Å². The predicted molar refractivity (Wildman–Crippen MR) is 39.9 cm³/mol. The van der Waals surface area contributed by atoms with Crippen molar-refractivity contribution in [2.75, 3.05) is 0 Å². The van der Waals surface area contributed by atoms with Crippen molar-refractivity contribution in [1.82, 2.24) is 0 Å². The molecule has 5 N–H and O–H groups in total. The van der Waals surface area contributed by atoms with Crippen LogP contribution in [0.2, 0.25) is 0 Å². The molecule has 0 aliphatic carbocycles. The van der Waals surface area contributed by atoms with Crippen molar-refractivity contribution in [3.05, 3.63) is 0 Å². The first-order chi connectivity index (χ1) is 2.45. The van der Waals surface area contributed by atoms with E-state index < -0.39 is 18.2 Å². The minimum atomic E-state index is -8.37. The molecule has 0 bridgehead atoms. The number of halogens is 1. The van der Waals surface area contributed by atoms with Crippen LogP contribution in [0.3, 0.4) is 0 Å². The molecule has 0 unspecified atom stereocenters. The van der Waals surface area contributed by atoms with Gasteiger partial charge in [-0.15, -0.1) is 0 Å². The summed E-state index contributed by atoms with van der Waals surface area (Å²) in [6, 6.07) is 0. The van der Waals surface area contributed by atoms with Crippen molar-refractivity contribution in [2.45, 2.75) is 0 Å². The van der Waals surface area contributed by atoms with E-state index in [1.807, 2.05) is 0 Å². The number of hydrogen-bond acceptors (Lipinski definition) is 6. The standard InChI is InChI=1S/H5IO6.5Na/c2-1(3,4,5,6)7;;;;;/h2-6H;;;;;. The Bertz CT molecular complexity index is 74.5. The zero-order chi connectivity index (χ0) is 6.41. The molecule has 0 rings (SSSR count). The van der Waals surface area contributed by atoms with E-state index in [4.69, 9.17) is 17.2 Å². The van der Waals surface area contributed by atoms with Gasteiger partial charge in [-0.1, -0.05) is 0 Å². The van der Waals surface area contributed by atoms with Crippen molar-refractivity contribution in [3.63, 3.8) is 0 Å². The van der Waals surface area contributed by atoms with Crippen molar-refractivity contribution in [2.24, 2.45) is 0 Å². The first kappa shape index (κ1) is 36.0. The van der Waals surface area contributed by atoms with Crippen LogP contribution in [0, 0.1) is 0 Å². The first-order valence-corrected chi connectivity index (χ1v) is 6.70. The molecule has 0 amide bonds. The van der Waals surface area contributed by atoms with Crippen LogP contribution in [0.25, 0.3) is 0 Å². The van der Waals surface area contributed by atoms with E-state index in [-0.39, 0.29) is 148 Å². The van der Waals surface area contributed by atoms with Crippen LogP contribution in [0.15, 0.2) is 0 Å². The summed E-state index contributed by atoms with van der Waals surface area (Å²) in [5.74, 6) is 0. The predicted octanol–water partition coefficient (Wildman–Crippen LogP) is -8.87. The van der Waals surface area contributed by atoms with Gasteiger partial charge in [0.15, 0.2) is 0 Å². The van der Waals surface area contributed by atoms with E-state index >= 15 is 0 Å². The fourth-order valence-corrected chi connectivity index (χ4v) is 0. The molecule has 6 nitrogen and oxygen atoms in total.